The van der Waals surface area contributed by atoms with Crippen LogP contribution < -0.4 is 0 Å². The molecule has 1 aliphatic rings. The predicted molar refractivity (Wildman–Crippen MR) is 100 cm³/mol. The molecule has 0 aliphatic carbocycles. The third-order valence-corrected chi connectivity index (χ3v) is 5.99. The second-order valence-corrected chi connectivity index (χ2v) is 10.6. The normalized spacial score (nSPS) is 19.7. The number of hydrogen-bond acceptors (Lipinski definition) is 4. The lowest BCUT2D eigenvalue weighted by molar-refractivity contribution is -0.123. The Balaban J connectivity index is 2.75. The van der Waals surface area contributed by atoms with E-state index in [1.165, 1.54) is 18.0 Å². The van der Waals surface area contributed by atoms with Crippen LogP contribution in [0.2, 0.25) is 0 Å². The van der Waals surface area contributed by atoms with Crippen LogP contribution in [-0.2, 0) is 25.5 Å². The van der Waals surface area contributed by atoms with E-state index in [-0.39, 0.29) is 27.4 Å². The third kappa shape index (κ3) is 3.73. The molecule has 2 rings (SSSR count). The van der Waals surface area contributed by atoms with Crippen LogP contribution in [0.5, 0.6) is 5.75 Å². The fourth-order valence-corrected chi connectivity index (χ4v) is 4.39. The van der Waals surface area contributed by atoms with Crippen molar-refractivity contribution < 1.29 is 18.3 Å². The van der Waals surface area contributed by atoms with Crippen LogP contribution >= 0.6 is 0 Å². The van der Waals surface area contributed by atoms with Crippen molar-refractivity contribution in [2.24, 2.45) is 0 Å². The number of carbonyl (C=O) groups excluding carboxylic acids is 1. The van der Waals surface area contributed by atoms with Gasteiger partial charge in [0.15, 0.2) is 0 Å². The summed E-state index contributed by atoms with van der Waals surface area (Å²) < 4.78 is 24.5. The van der Waals surface area contributed by atoms with Gasteiger partial charge < -0.3 is 10.0 Å². The number of benzene rings is 1. The first kappa shape index (κ1) is 19.5. The molecule has 0 bridgehead atoms. The summed E-state index contributed by atoms with van der Waals surface area (Å²) >= 11 is 0. The zero-order valence-electron chi connectivity index (χ0n) is 16.0. The highest BCUT2D eigenvalue weighted by atomic mass is 32.2. The maximum Gasteiger partial charge on any atom is 0.266 e. The Morgan fingerprint density at radius 1 is 1.04 bits per heavy atom. The van der Waals surface area contributed by atoms with Gasteiger partial charge in [-0.3, -0.25) is 4.79 Å². The molecule has 0 radical (unpaired) electrons. The van der Waals surface area contributed by atoms with Gasteiger partial charge in [0.1, 0.15) is 16.5 Å². The number of phenols is 1. The van der Waals surface area contributed by atoms with E-state index < -0.39 is 15.7 Å². The van der Waals surface area contributed by atoms with Crippen LogP contribution in [0.15, 0.2) is 17.0 Å². The number of rotatable bonds is 1. The first-order chi connectivity index (χ1) is 11.1. The predicted octanol–water partition coefficient (Wildman–Crippen LogP) is 3.17. The third-order valence-electron chi connectivity index (χ3n) is 4.30. The molecule has 1 heterocycles. The molecule has 1 aliphatic heterocycles. The van der Waals surface area contributed by atoms with Crippen molar-refractivity contribution in [2.45, 2.75) is 52.4 Å². The first-order valence-electron chi connectivity index (χ1n) is 8.22. The van der Waals surface area contributed by atoms with Crippen molar-refractivity contribution in [2.75, 3.05) is 12.9 Å². The van der Waals surface area contributed by atoms with Gasteiger partial charge in [-0.2, -0.15) is 0 Å². The molecule has 1 saturated heterocycles. The molecule has 1 N–H and O–H groups in total. The number of nitrogens with zero attached hydrogens (tertiary/aromatic N) is 1. The van der Waals surface area contributed by atoms with E-state index in [4.69, 9.17) is 0 Å². The SMILES string of the molecule is CN1CS(=O)(=O)C(=Cc2cc(C(C)(C)C)c(O)c(C(C)(C)C)c2)C1=O. The summed E-state index contributed by atoms with van der Waals surface area (Å²) in [7, 11) is -2.14. The molecule has 1 fully saturated rings. The Hall–Kier alpha value is -1.82. The Kier molecular flexibility index (Phi) is 4.58. The number of aromatic hydroxyl groups is 1. The highest BCUT2D eigenvalue weighted by Gasteiger charge is 2.37. The molecule has 1 amide bonds. The van der Waals surface area contributed by atoms with E-state index in [1.54, 1.807) is 12.1 Å². The second-order valence-electron chi connectivity index (χ2n) is 8.72. The first-order valence-corrected chi connectivity index (χ1v) is 9.88. The zero-order chi connectivity index (χ0) is 19.4. The van der Waals surface area contributed by atoms with E-state index in [2.05, 4.69) is 0 Å². The van der Waals surface area contributed by atoms with Gasteiger partial charge in [0.2, 0.25) is 9.84 Å². The molecule has 138 valence electrons. The molecule has 5 nitrogen and oxygen atoms in total. The monoisotopic (exact) mass is 365 g/mol. The Morgan fingerprint density at radius 2 is 1.48 bits per heavy atom. The molecule has 0 atom stereocenters. The largest absolute Gasteiger partial charge is 0.507 e. The summed E-state index contributed by atoms with van der Waals surface area (Å²) in [6.07, 6.45) is 1.42. The second kappa shape index (κ2) is 5.87. The fraction of sp³-hybridized carbons (Fsp3) is 0.526. The summed E-state index contributed by atoms with van der Waals surface area (Å²) in [4.78, 5) is 13.2. The van der Waals surface area contributed by atoms with Gasteiger partial charge in [-0.25, -0.2) is 8.42 Å². The van der Waals surface area contributed by atoms with Gasteiger partial charge in [0, 0.05) is 18.2 Å². The molecule has 25 heavy (non-hydrogen) atoms. The van der Waals surface area contributed by atoms with Crippen molar-refractivity contribution in [3.63, 3.8) is 0 Å². The maximum atomic E-state index is 12.2. The van der Waals surface area contributed by atoms with Crippen molar-refractivity contribution in [3.05, 3.63) is 33.7 Å². The number of phenolic OH excluding ortho intramolecular Hbond substituents is 1. The lowest BCUT2D eigenvalue weighted by Crippen LogP contribution is -2.19. The molecule has 1 aromatic carbocycles. The van der Waals surface area contributed by atoms with E-state index in [1.807, 2.05) is 41.5 Å². The summed E-state index contributed by atoms with van der Waals surface area (Å²) in [5, 5.41) is 10.7. The molecule has 1 aromatic rings. The Bertz CT molecular complexity index is 817. The van der Waals surface area contributed by atoms with Gasteiger partial charge >= 0.3 is 0 Å². The fourth-order valence-electron chi connectivity index (χ4n) is 2.89. The highest BCUT2D eigenvalue weighted by molar-refractivity contribution is 7.96. The Labute approximate surface area is 150 Å². The van der Waals surface area contributed by atoms with Gasteiger partial charge in [0.25, 0.3) is 5.91 Å². The van der Waals surface area contributed by atoms with E-state index in [9.17, 15) is 18.3 Å². The van der Waals surface area contributed by atoms with E-state index in [0.717, 1.165) is 11.1 Å². The Morgan fingerprint density at radius 3 is 1.80 bits per heavy atom. The highest BCUT2D eigenvalue weighted by Crippen LogP contribution is 2.40. The van der Waals surface area contributed by atoms with Crippen LogP contribution in [0.3, 0.4) is 0 Å². The van der Waals surface area contributed by atoms with Crippen LogP contribution in [0.4, 0.5) is 0 Å². The minimum absolute atomic E-state index is 0.194. The maximum absolute atomic E-state index is 12.2. The zero-order valence-corrected chi connectivity index (χ0v) is 16.8. The molecule has 0 spiro atoms. The summed E-state index contributed by atoms with van der Waals surface area (Å²) in [6.45, 7) is 11.9. The quantitative estimate of drug-likeness (QED) is 0.776. The summed E-state index contributed by atoms with van der Waals surface area (Å²) in [5.74, 6) is -0.573. The van der Waals surface area contributed by atoms with Crippen LogP contribution in [0.25, 0.3) is 6.08 Å². The number of carbonyl (C=O) groups is 1. The number of hydrogen-bond donors (Lipinski definition) is 1. The molecular formula is C19H27NO4S. The smallest absolute Gasteiger partial charge is 0.266 e. The van der Waals surface area contributed by atoms with E-state index in [0.29, 0.717) is 5.56 Å². The molecular weight excluding hydrogens is 338 g/mol. The van der Waals surface area contributed by atoms with Crippen molar-refractivity contribution >= 4 is 21.8 Å². The van der Waals surface area contributed by atoms with Gasteiger partial charge in [-0.1, -0.05) is 41.5 Å². The van der Waals surface area contributed by atoms with E-state index >= 15 is 0 Å². The average molecular weight is 365 g/mol. The lowest BCUT2D eigenvalue weighted by atomic mass is 9.78. The van der Waals surface area contributed by atoms with Crippen molar-refractivity contribution in [3.8, 4) is 5.75 Å². The van der Waals surface area contributed by atoms with Crippen LogP contribution in [-0.4, -0.2) is 37.3 Å². The van der Waals surface area contributed by atoms with Crippen molar-refractivity contribution in [1.29, 1.82) is 0 Å². The van der Waals surface area contributed by atoms with Crippen LogP contribution in [0.1, 0.15) is 58.2 Å². The van der Waals surface area contributed by atoms with Crippen molar-refractivity contribution in [1.82, 2.24) is 4.90 Å². The molecule has 0 unspecified atom stereocenters. The average Bonchev–Trinajstić information content (AvgIpc) is 2.59. The lowest BCUT2D eigenvalue weighted by Gasteiger charge is -2.28. The molecule has 0 aromatic heterocycles. The summed E-state index contributed by atoms with van der Waals surface area (Å²) in [6, 6.07) is 3.53. The minimum atomic E-state index is -3.62. The van der Waals surface area contributed by atoms with Gasteiger partial charge in [0.05, 0.1) is 0 Å². The molecule has 6 heteroatoms. The summed E-state index contributed by atoms with van der Waals surface area (Å²) in [5.41, 5.74) is 1.41. The number of likely N-dealkylation sites (N-methyl/N-ethyl adjacent to an activating group) is 1. The molecule has 0 saturated carbocycles. The van der Waals surface area contributed by atoms with Gasteiger partial charge in [-0.05, 0) is 34.6 Å². The standard InChI is InChI=1S/C19H27NO4S/c1-18(2,3)13-8-12(9-14(16(13)21)19(4,5)6)10-15-17(22)20(7)11-25(15,23)24/h8-10,21H,11H2,1-7H3. The number of sulfone groups is 1. The van der Waals surface area contributed by atoms with Crippen LogP contribution in [0, 0.1) is 0 Å². The van der Waals surface area contributed by atoms with Gasteiger partial charge in [-0.15, -0.1) is 0 Å². The minimum Gasteiger partial charge on any atom is -0.507 e. The topological polar surface area (TPSA) is 74.7 Å². The number of amides is 1.